The van der Waals surface area contributed by atoms with Crippen LogP contribution in [0.2, 0.25) is 0 Å². The number of nitrogens with zero attached hydrogens (tertiary/aromatic N) is 1. The van der Waals surface area contributed by atoms with Crippen LogP contribution in [0.25, 0.3) is 0 Å². The van der Waals surface area contributed by atoms with Gasteiger partial charge in [0.2, 0.25) is 0 Å². The van der Waals surface area contributed by atoms with Crippen LogP contribution in [0.4, 0.5) is 4.79 Å². The van der Waals surface area contributed by atoms with Gasteiger partial charge in [-0.2, -0.15) is 0 Å². The van der Waals surface area contributed by atoms with E-state index in [2.05, 4.69) is 19.2 Å². The second kappa shape index (κ2) is 10.1. The maximum absolute atomic E-state index is 12.7. The summed E-state index contributed by atoms with van der Waals surface area (Å²) < 4.78 is 5.45. The SMILES string of the molecule is CC(C)C[C@H](NC(=O)c1ccccc1)C1CCN(C(=O)Oc2ccccc2)CC1. The van der Waals surface area contributed by atoms with Crippen LogP contribution in [0, 0.1) is 11.8 Å². The van der Waals surface area contributed by atoms with Crippen LogP contribution in [-0.2, 0) is 0 Å². The fourth-order valence-electron chi connectivity index (χ4n) is 3.86. The van der Waals surface area contributed by atoms with Gasteiger partial charge < -0.3 is 15.0 Å². The second-order valence-corrected chi connectivity index (χ2v) is 8.08. The molecular formula is C24H30N2O3. The summed E-state index contributed by atoms with van der Waals surface area (Å²) in [6, 6.07) is 18.6. The second-order valence-electron chi connectivity index (χ2n) is 8.08. The lowest BCUT2D eigenvalue weighted by molar-refractivity contribution is 0.0871. The standard InChI is InChI=1S/C24H30N2O3/c1-18(2)17-22(25-23(27)20-9-5-3-6-10-20)19-13-15-26(16-14-19)24(28)29-21-11-7-4-8-12-21/h3-12,18-19,22H,13-17H2,1-2H3,(H,25,27)/t22-/m0/s1. The molecule has 1 aliphatic heterocycles. The first-order valence-electron chi connectivity index (χ1n) is 10.4. The van der Waals surface area contributed by atoms with Gasteiger partial charge in [-0.15, -0.1) is 0 Å². The summed E-state index contributed by atoms with van der Waals surface area (Å²) in [6.45, 7) is 5.64. The van der Waals surface area contributed by atoms with Gasteiger partial charge in [-0.3, -0.25) is 4.79 Å². The van der Waals surface area contributed by atoms with Gasteiger partial charge in [0.25, 0.3) is 5.91 Å². The van der Waals surface area contributed by atoms with E-state index in [1.165, 1.54) is 0 Å². The summed E-state index contributed by atoms with van der Waals surface area (Å²) in [5.41, 5.74) is 0.685. The van der Waals surface area contributed by atoms with E-state index in [4.69, 9.17) is 4.74 Å². The van der Waals surface area contributed by atoms with E-state index < -0.39 is 0 Å². The highest BCUT2D eigenvalue weighted by molar-refractivity contribution is 5.94. The average Bonchev–Trinajstić information content (AvgIpc) is 2.74. The first kappa shape index (κ1) is 20.9. The Kier molecular flexibility index (Phi) is 7.28. The molecule has 0 unspecified atom stereocenters. The van der Waals surface area contributed by atoms with Crippen molar-refractivity contribution < 1.29 is 14.3 Å². The molecule has 5 heteroatoms. The van der Waals surface area contributed by atoms with Crippen LogP contribution in [-0.4, -0.2) is 36.0 Å². The zero-order valence-electron chi connectivity index (χ0n) is 17.2. The van der Waals surface area contributed by atoms with Crippen LogP contribution in [0.3, 0.4) is 0 Å². The van der Waals surface area contributed by atoms with Gasteiger partial charge in [0.05, 0.1) is 0 Å². The number of benzene rings is 2. The van der Waals surface area contributed by atoms with Crippen molar-refractivity contribution in [3.05, 3.63) is 66.2 Å². The number of piperidine rings is 1. The number of rotatable bonds is 6. The molecule has 1 saturated heterocycles. The maximum Gasteiger partial charge on any atom is 0.415 e. The maximum atomic E-state index is 12.7. The van der Waals surface area contributed by atoms with E-state index in [1.54, 1.807) is 17.0 Å². The fraction of sp³-hybridized carbons (Fsp3) is 0.417. The van der Waals surface area contributed by atoms with Crippen molar-refractivity contribution in [1.82, 2.24) is 10.2 Å². The number of para-hydroxylation sites is 1. The molecule has 0 aromatic heterocycles. The number of carbonyl (C=O) groups excluding carboxylic acids is 2. The molecule has 0 spiro atoms. The number of hydrogen-bond acceptors (Lipinski definition) is 3. The third kappa shape index (κ3) is 6.08. The number of amides is 2. The van der Waals surface area contributed by atoms with E-state index in [0.717, 1.165) is 19.3 Å². The van der Waals surface area contributed by atoms with Gasteiger partial charge in [-0.25, -0.2) is 4.79 Å². The van der Waals surface area contributed by atoms with Gasteiger partial charge >= 0.3 is 6.09 Å². The molecule has 2 amide bonds. The van der Waals surface area contributed by atoms with Crippen LogP contribution < -0.4 is 10.1 Å². The molecule has 0 bridgehead atoms. The lowest BCUT2D eigenvalue weighted by atomic mass is 9.85. The summed E-state index contributed by atoms with van der Waals surface area (Å²) in [5, 5.41) is 3.24. The third-order valence-corrected chi connectivity index (χ3v) is 5.39. The largest absolute Gasteiger partial charge is 0.415 e. The number of ether oxygens (including phenoxy) is 1. The van der Waals surface area contributed by atoms with Crippen LogP contribution >= 0.6 is 0 Å². The summed E-state index contributed by atoms with van der Waals surface area (Å²) >= 11 is 0. The Morgan fingerprint density at radius 1 is 1.00 bits per heavy atom. The molecule has 29 heavy (non-hydrogen) atoms. The quantitative estimate of drug-likeness (QED) is 0.770. The third-order valence-electron chi connectivity index (χ3n) is 5.39. The molecule has 3 rings (SSSR count). The van der Waals surface area contributed by atoms with Crippen molar-refractivity contribution in [1.29, 1.82) is 0 Å². The Labute approximate surface area is 173 Å². The summed E-state index contributed by atoms with van der Waals surface area (Å²) in [6.07, 6.45) is 2.34. The summed E-state index contributed by atoms with van der Waals surface area (Å²) in [4.78, 5) is 26.8. The number of likely N-dealkylation sites (tertiary alicyclic amines) is 1. The minimum absolute atomic E-state index is 0.0258. The minimum atomic E-state index is -0.302. The first-order valence-corrected chi connectivity index (χ1v) is 10.4. The van der Waals surface area contributed by atoms with Crippen molar-refractivity contribution in [3.8, 4) is 5.75 Å². The Hall–Kier alpha value is -2.82. The molecule has 1 heterocycles. The van der Waals surface area contributed by atoms with Crippen molar-refractivity contribution in [2.45, 2.75) is 39.2 Å². The van der Waals surface area contributed by atoms with Crippen molar-refractivity contribution in [2.75, 3.05) is 13.1 Å². The van der Waals surface area contributed by atoms with Gasteiger partial charge in [-0.05, 0) is 55.4 Å². The van der Waals surface area contributed by atoms with Gasteiger partial charge in [-0.1, -0.05) is 50.2 Å². The molecular weight excluding hydrogens is 364 g/mol. The predicted molar refractivity (Wildman–Crippen MR) is 114 cm³/mol. The molecule has 154 valence electrons. The first-order chi connectivity index (χ1) is 14.0. The lowest BCUT2D eigenvalue weighted by Gasteiger charge is -2.36. The van der Waals surface area contributed by atoms with Crippen LogP contribution in [0.1, 0.15) is 43.5 Å². The van der Waals surface area contributed by atoms with E-state index in [1.807, 2.05) is 48.5 Å². The lowest BCUT2D eigenvalue weighted by Crippen LogP contribution is -2.47. The zero-order valence-corrected chi connectivity index (χ0v) is 17.2. The van der Waals surface area contributed by atoms with Crippen LogP contribution in [0.15, 0.2) is 60.7 Å². The smallest absolute Gasteiger partial charge is 0.410 e. The molecule has 0 aliphatic carbocycles. The van der Waals surface area contributed by atoms with Crippen LogP contribution in [0.5, 0.6) is 5.75 Å². The van der Waals surface area contributed by atoms with Gasteiger partial charge in [0.15, 0.2) is 0 Å². The molecule has 0 radical (unpaired) electrons. The molecule has 1 fully saturated rings. The number of nitrogens with one attached hydrogen (secondary N) is 1. The Morgan fingerprint density at radius 2 is 1.59 bits per heavy atom. The minimum Gasteiger partial charge on any atom is -0.410 e. The van der Waals surface area contributed by atoms with Crippen molar-refractivity contribution >= 4 is 12.0 Å². The summed E-state index contributed by atoms with van der Waals surface area (Å²) in [5.74, 6) is 1.37. The monoisotopic (exact) mass is 394 g/mol. The number of carbonyl (C=O) groups is 2. The highest BCUT2D eigenvalue weighted by Gasteiger charge is 2.30. The Bertz CT molecular complexity index is 784. The molecule has 2 aromatic rings. The highest BCUT2D eigenvalue weighted by Crippen LogP contribution is 2.26. The molecule has 1 aliphatic rings. The summed E-state index contributed by atoms with van der Waals surface area (Å²) in [7, 11) is 0. The van der Waals surface area contributed by atoms with E-state index in [-0.39, 0.29) is 18.0 Å². The average molecular weight is 395 g/mol. The molecule has 1 atom stereocenters. The molecule has 1 N–H and O–H groups in total. The zero-order chi connectivity index (χ0) is 20.6. The topological polar surface area (TPSA) is 58.6 Å². The van der Waals surface area contributed by atoms with Gasteiger partial charge in [0, 0.05) is 24.7 Å². The van der Waals surface area contributed by atoms with E-state index in [0.29, 0.717) is 36.2 Å². The Balaban J connectivity index is 1.56. The normalized spacial score (nSPS) is 15.8. The fourth-order valence-corrected chi connectivity index (χ4v) is 3.86. The van der Waals surface area contributed by atoms with Crippen molar-refractivity contribution in [3.63, 3.8) is 0 Å². The Morgan fingerprint density at radius 3 is 2.17 bits per heavy atom. The van der Waals surface area contributed by atoms with Gasteiger partial charge in [0.1, 0.15) is 5.75 Å². The van der Waals surface area contributed by atoms with E-state index >= 15 is 0 Å². The molecule has 5 nitrogen and oxygen atoms in total. The van der Waals surface area contributed by atoms with Crippen molar-refractivity contribution in [2.24, 2.45) is 11.8 Å². The number of hydrogen-bond donors (Lipinski definition) is 1. The predicted octanol–water partition coefficient (Wildman–Crippen LogP) is 4.74. The molecule has 2 aromatic carbocycles. The highest BCUT2D eigenvalue weighted by atomic mass is 16.6. The van der Waals surface area contributed by atoms with E-state index in [9.17, 15) is 9.59 Å². The molecule has 0 saturated carbocycles.